The number of sulfonamides is 1. The Hall–Kier alpha value is -1.69. The van der Waals surface area contributed by atoms with Crippen molar-refractivity contribution in [1.82, 2.24) is 5.32 Å². The van der Waals surface area contributed by atoms with Crippen LogP contribution in [0.15, 0.2) is 54.6 Å². The summed E-state index contributed by atoms with van der Waals surface area (Å²) in [6.07, 6.45) is 0.529. The van der Waals surface area contributed by atoms with Crippen molar-refractivity contribution in [2.24, 2.45) is 5.14 Å². The molecule has 0 heterocycles. The van der Waals surface area contributed by atoms with Gasteiger partial charge in [-0.3, -0.25) is 0 Å². The first kappa shape index (κ1) is 15.7. The van der Waals surface area contributed by atoms with E-state index in [-0.39, 0.29) is 5.75 Å². The van der Waals surface area contributed by atoms with Crippen LogP contribution in [0.2, 0.25) is 0 Å². The molecule has 0 saturated carbocycles. The van der Waals surface area contributed by atoms with Gasteiger partial charge in [-0.2, -0.15) is 0 Å². The Morgan fingerprint density at radius 2 is 1.52 bits per heavy atom. The van der Waals surface area contributed by atoms with Crippen molar-refractivity contribution in [1.29, 1.82) is 0 Å². The molecule has 0 fully saturated rings. The van der Waals surface area contributed by atoms with E-state index in [1.54, 1.807) is 0 Å². The highest BCUT2D eigenvalue weighted by atomic mass is 32.2. The lowest BCUT2D eigenvalue weighted by Gasteiger charge is -2.06. The second kappa shape index (κ2) is 7.36. The number of rotatable bonds is 7. The van der Waals surface area contributed by atoms with Crippen molar-refractivity contribution in [3.63, 3.8) is 0 Å². The third-order valence-electron chi connectivity index (χ3n) is 3.17. The van der Waals surface area contributed by atoms with Crippen LogP contribution in [0.3, 0.4) is 0 Å². The van der Waals surface area contributed by atoms with Crippen molar-refractivity contribution in [3.05, 3.63) is 60.2 Å². The standard InChI is InChI=1S/C16H20N2O2S/c17-21(19,20)12-4-11-18-13-14-7-9-16(10-8-14)15-5-2-1-3-6-15/h1-3,5-10,18H,4,11-13H2,(H2,17,19,20). The van der Waals surface area contributed by atoms with E-state index in [4.69, 9.17) is 5.14 Å². The highest BCUT2D eigenvalue weighted by molar-refractivity contribution is 7.89. The summed E-state index contributed by atoms with van der Waals surface area (Å²) in [5.74, 6) is 0.0208. The van der Waals surface area contributed by atoms with Crippen LogP contribution in [0.1, 0.15) is 12.0 Å². The second-order valence-electron chi connectivity index (χ2n) is 4.96. The zero-order valence-electron chi connectivity index (χ0n) is 11.8. The van der Waals surface area contributed by atoms with Gasteiger partial charge in [0.15, 0.2) is 0 Å². The Labute approximate surface area is 126 Å². The fourth-order valence-corrected chi connectivity index (χ4v) is 2.62. The molecule has 2 aromatic rings. The lowest BCUT2D eigenvalue weighted by molar-refractivity contribution is 0.590. The van der Waals surface area contributed by atoms with Gasteiger partial charge in [0.2, 0.25) is 10.0 Å². The maximum absolute atomic E-state index is 10.8. The molecule has 0 amide bonds. The first-order valence-corrected chi connectivity index (χ1v) is 8.62. The summed E-state index contributed by atoms with van der Waals surface area (Å²) in [5, 5.41) is 8.16. The Morgan fingerprint density at radius 3 is 2.14 bits per heavy atom. The maximum atomic E-state index is 10.8. The van der Waals surface area contributed by atoms with Gasteiger partial charge in [-0.05, 0) is 29.7 Å². The normalized spacial score (nSPS) is 11.5. The van der Waals surface area contributed by atoms with Crippen LogP contribution in [0.4, 0.5) is 0 Å². The Morgan fingerprint density at radius 1 is 0.905 bits per heavy atom. The molecule has 0 spiro atoms. The van der Waals surface area contributed by atoms with Gasteiger partial charge in [0.1, 0.15) is 0 Å². The molecule has 112 valence electrons. The fourth-order valence-electron chi connectivity index (χ4n) is 2.08. The maximum Gasteiger partial charge on any atom is 0.209 e. The Balaban J connectivity index is 1.81. The van der Waals surface area contributed by atoms with E-state index >= 15 is 0 Å². The van der Waals surface area contributed by atoms with Gasteiger partial charge in [-0.25, -0.2) is 13.6 Å². The van der Waals surface area contributed by atoms with Gasteiger partial charge >= 0.3 is 0 Å². The van der Waals surface area contributed by atoms with Gasteiger partial charge in [0.25, 0.3) is 0 Å². The number of benzene rings is 2. The van der Waals surface area contributed by atoms with Gasteiger partial charge in [0, 0.05) is 6.54 Å². The molecule has 2 aromatic carbocycles. The molecule has 0 saturated heterocycles. The molecule has 0 aliphatic rings. The SMILES string of the molecule is NS(=O)(=O)CCCNCc1ccc(-c2ccccc2)cc1. The molecule has 0 unspecified atom stereocenters. The van der Waals surface area contributed by atoms with Crippen LogP contribution in [-0.4, -0.2) is 20.7 Å². The minimum atomic E-state index is -3.35. The van der Waals surface area contributed by atoms with E-state index in [1.807, 2.05) is 18.2 Å². The number of nitrogens with one attached hydrogen (secondary N) is 1. The highest BCUT2D eigenvalue weighted by Crippen LogP contribution is 2.19. The van der Waals surface area contributed by atoms with E-state index in [1.165, 1.54) is 16.7 Å². The molecule has 4 nitrogen and oxygen atoms in total. The van der Waals surface area contributed by atoms with E-state index < -0.39 is 10.0 Å². The van der Waals surface area contributed by atoms with E-state index in [0.717, 1.165) is 6.54 Å². The Kier molecular flexibility index (Phi) is 5.50. The first-order valence-electron chi connectivity index (χ1n) is 6.90. The molecular weight excluding hydrogens is 284 g/mol. The highest BCUT2D eigenvalue weighted by Gasteiger charge is 2.01. The van der Waals surface area contributed by atoms with Gasteiger partial charge in [-0.15, -0.1) is 0 Å². The summed E-state index contributed by atoms with van der Waals surface area (Å²) in [5.41, 5.74) is 3.56. The van der Waals surface area contributed by atoms with E-state index in [9.17, 15) is 8.42 Å². The number of nitrogens with two attached hydrogens (primary N) is 1. The summed E-state index contributed by atoms with van der Waals surface area (Å²) in [6, 6.07) is 18.6. The predicted octanol–water partition coefficient (Wildman–Crippen LogP) is 2.12. The van der Waals surface area contributed by atoms with Crippen LogP contribution < -0.4 is 10.5 Å². The summed E-state index contributed by atoms with van der Waals surface area (Å²) < 4.78 is 21.6. The molecule has 0 radical (unpaired) electrons. The molecule has 0 bridgehead atoms. The molecule has 0 aromatic heterocycles. The van der Waals surface area contributed by atoms with E-state index in [0.29, 0.717) is 13.0 Å². The monoisotopic (exact) mass is 304 g/mol. The average molecular weight is 304 g/mol. The fraction of sp³-hybridized carbons (Fsp3) is 0.250. The third kappa shape index (κ3) is 5.67. The van der Waals surface area contributed by atoms with E-state index in [2.05, 4.69) is 41.7 Å². The van der Waals surface area contributed by atoms with Crippen molar-refractivity contribution >= 4 is 10.0 Å². The van der Waals surface area contributed by atoms with Gasteiger partial charge < -0.3 is 5.32 Å². The molecule has 0 aliphatic carbocycles. The van der Waals surface area contributed by atoms with Gasteiger partial charge in [0.05, 0.1) is 5.75 Å². The number of primary sulfonamides is 1. The largest absolute Gasteiger partial charge is 0.313 e. The van der Waals surface area contributed by atoms with Gasteiger partial charge in [-0.1, -0.05) is 54.6 Å². The molecule has 5 heteroatoms. The summed E-state index contributed by atoms with van der Waals surface area (Å²) in [6.45, 7) is 1.36. The average Bonchev–Trinajstić information content (AvgIpc) is 2.47. The van der Waals surface area contributed by atoms with Crippen LogP contribution in [-0.2, 0) is 16.6 Å². The van der Waals surface area contributed by atoms with Crippen molar-refractivity contribution in [2.75, 3.05) is 12.3 Å². The smallest absolute Gasteiger partial charge is 0.209 e. The second-order valence-corrected chi connectivity index (χ2v) is 6.69. The molecule has 21 heavy (non-hydrogen) atoms. The summed E-state index contributed by atoms with van der Waals surface area (Å²) in [7, 11) is -3.35. The third-order valence-corrected chi connectivity index (χ3v) is 4.03. The minimum absolute atomic E-state index is 0.0208. The summed E-state index contributed by atoms with van der Waals surface area (Å²) in [4.78, 5) is 0. The predicted molar refractivity (Wildman–Crippen MR) is 86.2 cm³/mol. The zero-order valence-corrected chi connectivity index (χ0v) is 12.6. The zero-order chi connectivity index (χ0) is 15.1. The van der Waals surface area contributed by atoms with Crippen molar-refractivity contribution in [3.8, 4) is 11.1 Å². The lowest BCUT2D eigenvalue weighted by atomic mass is 10.0. The van der Waals surface area contributed by atoms with Crippen LogP contribution in [0.25, 0.3) is 11.1 Å². The number of hydrogen-bond donors (Lipinski definition) is 2. The van der Waals surface area contributed by atoms with Crippen molar-refractivity contribution < 1.29 is 8.42 Å². The number of hydrogen-bond acceptors (Lipinski definition) is 3. The Bertz CT molecular complexity index is 652. The molecule has 2 rings (SSSR count). The molecular formula is C16H20N2O2S. The lowest BCUT2D eigenvalue weighted by Crippen LogP contribution is -2.22. The van der Waals surface area contributed by atoms with Crippen molar-refractivity contribution in [2.45, 2.75) is 13.0 Å². The quantitative estimate of drug-likeness (QED) is 0.770. The molecule has 3 N–H and O–H groups in total. The summed E-state index contributed by atoms with van der Waals surface area (Å²) >= 11 is 0. The van der Waals surface area contributed by atoms with Crippen LogP contribution in [0, 0.1) is 0 Å². The first-order chi connectivity index (χ1) is 10.0. The topological polar surface area (TPSA) is 72.2 Å². The molecule has 0 aliphatic heterocycles. The minimum Gasteiger partial charge on any atom is -0.313 e. The van der Waals surface area contributed by atoms with Crippen LogP contribution in [0.5, 0.6) is 0 Å². The molecule has 0 atom stereocenters. The van der Waals surface area contributed by atoms with Crippen LogP contribution >= 0.6 is 0 Å².